The predicted octanol–water partition coefficient (Wildman–Crippen LogP) is 17.1. The first-order valence-electron chi connectivity index (χ1n) is 23.0. The van der Waals surface area contributed by atoms with Crippen LogP contribution in [-0.4, -0.2) is 0 Å². The van der Waals surface area contributed by atoms with Crippen LogP contribution in [0.2, 0.25) is 0 Å². The molecule has 0 N–H and O–H groups in total. The van der Waals surface area contributed by atoms with E-state index < -0.39 is 0 Å². The van der Waals surface area contributed by atoms with Gasteiger partial charge in [0, 0.05) is 0 Å². The highest BCUT2D eigenvalue weighted by Crippen LogP contribution is 2.37. The van der Waals surface area contributed by atoms with E-state index in [-0.39, 0.29) is 0 Å². The topological polar surface area (TPSA) is 0 Å². The van der Waals surface area contributed by atoms with Crippen molar-refractivity contribution in [1.29, 1.82) is 0 Å². The standard InChI is InChI=1S/C60H66/c1-45-29-39-57(47(3)41-45)51-31-35-53(36-32-51)59-43-56(28-20-10-6-8-14-22-50-25-17-12-18-26-50)60(54-37-33-52(34-38-54)58-40-30-46(2)42-48(58)4)44-55(59)27-19-9-5-7-13-21-49-23-15-11-16-24-49/h11-12,15-18,23-26,29-44H,5-10,13-14,19-22,27-28H2,1-4H3. The van der Waals surface area contributed by atoms with Crippen molar-refractivity contribution in [2.45, 2.75) is 118 Å². The molecule has 0 fully saturated rings. The summed E-state index contributed by atoms with van der Waals surface area (Å²) < 4.78 is 0. The molecule has 0 radical (unpaired) electrons. The molecule has 7 aromatic rings. The van der Waals surface area contributed by atoms with Crippen molar-refractivity contribution in [2.75, 3.05) is 0 Å². The van der Waals surface area contributed by atoms with Gasteiger partial charge in [0.2, 0.25) is 0 Å². The summed E-state index contributed by atoms with van der Waals surface area (Å²) in [7, 11) is 0. The molecule has 60 heavy (non-hydrogen) atoms. The maximum atomic E-state index is 2.59. The molecule has 7 aromatic carbocycles. The van der Waals surface area contributed by atoms with E-state index in [1.165, 1.54) is 166 Å². The highest BCUT2D eigenvalue weighted by molar-refractivity contribution is 5.80. The molecule has 0 aliphatic rings. The molecule has 0 nitrogen and oxygen atoms in total. The van der Waals surface area contributed by atoms with Gasteiger partial charge < -0.3 is 0 Å². The molecule has 306 valence electrons. The summed E-state index contributed by atoms with van der Waals surface area (Å²) in [6, 6.07) is 59.7. The van der Waals surface area contributed by atoms with Crippen molar-refractivity contribution in [3.8, 4) is 44.5 Å². The van der Waals surface area contributed by atoms with E-state index in [0.717, 1.165) is 12.8 Å². The van der Waals surface area contributed by atoms with E-state index >= 15 is 0 Å². The van der Waals surface area contributed by atoms with Crippen LogP contribution in [0, 0.1) is 27.7 Å². The Morgan fingerprint density at radius 2 is 0.583 bits per heavy atom. The summed E-state index contributed by atoms with van der Waals surface area (Å²) in [4.78, 5) is 0. The lowest BCUT2D eigenvalue weighted by Gasteiger charge is -2.19. The molecule has 0 aliphatic heterocycles. The van der Waals surface area contributed by atoms with Crippen LogP contribution in [0.15, 0.2) is 158 Å². The number of rotatable bonds is 20. The SMILES string of the molecule is Cc1ccc(-c2ccc(-c3cc(CCCCCCCc4ccccc4)c(-c4ccc(-c5ccc(C)cc5C)cc4)cc3CCCCCCCc3ccccc3)cc2)c(C)c1. The summed E-state index contributed by atoms with van der Waals surface area (Å²) in [5.74, 6) is 0. The zero-order valence-electron chi connectivity index (χ0n) is 36.9. The van der Waals surface area contributed by atoms with Gasteiger partial charge in [0.05, 0.1) is 0 Å². The summed E-state index contributed by atoms with van der Waals surface area (Å²) >= 11 is 0. The molecule has 0 heterocycles. The molecule has 0 bridgehead atoms. The van der Waals surface area contributed by atoms with E-state index in [1.54, 1.807) is 0 Å². The van der Waals surface area contributed by atoms with Gasteiger partial charge in [0.1, 0.15) is 0 Å². The van der Waals surface area contributed by atoms with Crippen molar-refractivity contribution in [3.63, 3.8) is 0 Å². The average molecular weight is 787 g/mol. The van der Waals surface area contributed by atoms with Crippen LogP contribution in [-0.2, 0) is 25.7 Å². The van der Waals surface area contributed by atoms with E-state index in [0.29, 0.717) is 0 Å². The van der Waals surface area contributed by atoms with E-state index in [1.807, 2.05) is 0 Å². The second-order valence-electron chi connectivity index (χ2n) is 17.5. The zero-order chi connectivity index (χ0) is 41.5. The monoisotopic (exact) mass is 787 g/mol. The number of unbranched alkanes of at least 4 members (excludes halogenated alkanes) is 8. The second kappa shape index (κ2) is 21.7. The van der Waals surface area contributed by atoms with Crippen molar-refractivity contribution in [3.05, 3.63) is 202 Å². The molecule has 0 unspecified atom stereocenters. The van der Waals surface area contributed by atoms with Gasteiger partial charge in [-0.2, -0.15) is 0 Å². The Morgan fingerprint density at radius 3 is 0.933 bits per heavy atom. The largest absolute Gasteiger partial charge is 0.0622 e. The molecule has 0 heteroatoms. The zero-order valence-corrected chi connectivity index (χ0v) is 36.9. The van der Waals surface area contributed by atoms with Crippen molar-refractivity contribution in [1.82, 2.24) is 0 Å². The maximum absolute atomic E-state index is 2.59. The smallest absolute Gasteiger partial charge is 0.0149 e. The predicted molar refractivity (Wildman–Crippen MR) is 261 cm³/mol. The van der Waals surface area contributed by atoms with E-state index in [2.05, 4.69) is 185 Å². The molecule has 0 saturated carbocycles. The molecule has 0 spiro atoms. The van der Waals surface area contributed by atoms with Gasteiger partial charge in [-0.25, -0.2) is 0 Å². The fraction of sp³-hybridized carbons (Fsp3) is 0.300. The van der Waals surface area contributed by atoms with Gasteiger partial charge in [0.15, 0.2) is 0 Å². The van der Waals surface area contributed by atoms with Crippen LogP contribution in [0.4, 0.5) is 0 Å². The van der Waals surface area contributed by atoms with Crippen LogP contribution < -0.4 is 0 Å². The summed E-state index contributed by atoms with van der Waals surface area (Å²) in [5.41, 5.74) is 21.9. The van der Waals surface area contributed by atoms with Crippen LogP contribution >= 0.6 is 0 Å². The van der Waals surface area contributed by atoms with Crippen molar-refractivity contribution < 1.29 is 0 Å². The molecule has 7 rings (SSSR count). The normalized spacial score (nSPS) is 11.3. The molecular weight excluding hydrogens is 721 g/mol. The van der Waals surface area contributed by atoms with Crippen LogP contribution in [0.3, 0.4) is 0 Å². The summed E-state index contributed by atoms with van der Waals surface area (Å²) in [6.45, 7) is 8.83. The average Bonchev–Trinajstić information content (AvgIpc) is 3.27. The Kier molecular flexibility index (Phi) is 15.4. The number of aryl methyl sites for hydroxylation is 8. The van der Waals surface area contributed by atoms with Crippen LogP contribution in [0.5, 0.6) is 0 Å². The third kappa shape index (κ3) is 11.8. The lowest BCUT2D eigenvalue weighted by Crippen LogP contribution is -1.99. The Hall–Kier alpha value is -5.46. The lowest BCUT2D eigenvalue weighted by atomic mass is 9.86. The lowest BCUT2D eigenvalue weighted by molar-refractivity contribution is 0.612. The quantitative estimate of drug-likeness (QED) is 0.0675. The first-order valence-corrected chi connectivity index (χ1v) is 23.0. The van der Waals surface area contributed by atoms with Crippen molar-refractivity contribution in [2.24, 2.45) is 0 Å². The fourth-order valence-electron chi connectivity index (χ4n) is 9.21. The second-order valence-corrected chi connectivity index (χ2v) is 17.5. The minimum atomic E-state index is 1.10. The Bertz CT molecular complexity index is 2210. The Morgan fingerprint density at radius 1 is 0.267 bits per heavy atom. The van der Waals surface area contributed by atoms with Crippen LogP contribution in [0.1, 0.15) is 109 Å². The molecule has 0 saturated heterocycles. The van der Waals surface area contributed by atoms with Gasteiger partial charge in [-0.3, -0.25) is 0 Å². The molecule has 0 aliphatic carbocycles. The first kappa shape index (κ1) is 42.7. The minimum Gasteiger partial charge on any atom is -0.0622 e. The molecule has 0 amide bonds. The summed E-state index contributed by atoms with van der Waals surface area (Å²) in [6.07, 6.45) is 17.3. The molecule has 0 atom stereocenters. The highest BCUT2D eigenvalue weighted by atomic mass is 14.2. The maximum Gasteiger partial charge on any atom is -0.0149 e. The minimum absolute atomic E-state index is 1.10. The highest BCUT2D eigenvalue weighted by Gasteiger charge is 2.15. The third-order valence-corrected chi connectivity index (χ3v) is 12.6. The van der Waals surface area contributed by atoms with Gasteiger partial charge in [0.25, 0.3) is 0 Å². The van der Waals surface area contributed by atoms with Gasteiger partial charge in [-0.15, -0.1) is 0 Å². The van der Waals surface area contributed by atoms with E-state index in [4.69, 9.17) is 0 Å². The first-order chi connectivity index (χ1) is 29.4. The number of benzene rings is 7. The fourth-order valence-corrected chi connectivity index (χ4v) is 9.21. The molecule has 0 aromatic heterocycles. The van der Waals surface area contributed by atoms with Crippen LogP contribution in [0.25, 0.3) is 44.5 Å². The Balaban J connectivity index is 1.14. The number of hydrogen-bond donors (Lipinski definition) is 0. The van der Waals surface area contributed by atoms with Gasteiger partial charge in [-0.1, -0.05) is 207 Å². The number of hydrogen-bond acceptors (Lipinski definition) is 0. The van der Waals surface area contributed by atoms with Gasteiger partial charge in [-0.05, 0) is 157 Å². The van der Waals surface area contributed by atoms with E-state index in [9.17, 15) is 0 Å². The molecular formula is C60H66. The summed E-state index contributed by atoms with van der Waals surface area (Å²) in [5, 5.41) is 0. The Labute approximate surface area is 362 Å². The third-order valence-electron chi connectivity index (χ3n) is 12.6. The van der Waals surface area contributed by atoms with Crippen molar-refractivity contribution >= 4 is 0 Å². The van der Waals surface area contributed by atoms with Gasteiger partial charge >= 0.3 is 0 Å².